The molecule has 0 atom stereocenters. The third-order valence-corrected chi connectivity index (χ3v) is 6.86. The van der Waals surface area contributed by atoms with E-state index in [0.717, 1.165) is 11.4 Å². The van der Waals surface area contributed by atoms with E-state index in [1.807, 2.05) is 24.3 Å². The summed E-state index contributed by atoms with van der Waals surface area (Å²) in [6.07, 6.45) is 0. The maximum atomic E-state index is 12.2. The summed E-state index contributed by atoms with van der Waals surface area (Å²) in [4.78, 5) is 12.2. The highest BCUT2D eigenvalue weighted by Gasteiger charge is 2.14. The highest BCUT2D eigenvalue weighted by molar-refractivity contribution is 8.01. The lowest BCUT2D eigenvalue weighted by molar-refractivity contribution is -0.113. The summed E-state index contributed by atoms with van der Waals surface area (Å²) in [6.45, 7) is 1.63. The van der Waals surface area contributed by atoms with Gasteiger partial charge in [-0.1, -0.05) is 35.2 Å². The molecule has 0 saturated carbocycles. The molecule has 3 rings (SSSR count). The zero-order chi connectivity index (χ0) is 21.7. The second-order valence-corrected chi connectivity index (χ2v) is 9.82. The minimum absolute atomic E-state index is 0.0228. The molecule has 2 aromatic carbocycles. The number of aryl methyl sites for hydroxylation is 1. The van der Waals surface area contributed by atoms with E-state index in [9.17, 15) is 13.2 Å². The van der Waals surface area contributed by atoms with Crippen molar-refractivity contribution >= 4 is 55.5 Å². The maximum Gasteiger partial charge on any atom is 0.238 e. The lowest BCUT2D eigenvalue weighted by atomic mass is 10.2. The minimum atomic E-state index is -3.86. The Balaban J connectivity index is 1.57. The first-order chi connectivity index (χ1) is 14.2. The van der Waals surface area contributed by atoms with E-state index >= 15 is 0 Å². The van der Waals surface area contributed by atoms with Gasteiger partial charge in [0.05, 0.1) is 17.8 Å². The van der Waals surface area contributed by atoms with E-state index in [0.29, 0.717) is 20.7 Å². The number of methoxy groups -OCH3 is 1. The molecule has 0 radical (unpaired) electrons. The average Bonchev–Trinajstić information content (AvgIpc) is 3.14. The number of ether oxygens (including phenoxy) is 1. The zero-order valence-electron chi connectivity index (χ0n) is 16.1. The Morgan fingerprint density at radius 2 is 2.00 bits per heavy atom. The van der Waals surface area contributed by atoms with E-state index in [1.54, 1.807) is 26.2 Å². The average molecular weight is 466 g/mol. The fourth-order valence-electron chi connectivity index (χ4n) is 2.45. The van der Waals surface area contributed by atoms with Crippen molar-refractivity contribution in [2.75, 3.05) is 23.5 Å². The fourth-order valence-corrected chi connectivity index (χ4v) is 4.83. The van der Waals surface area contributed by atoms with Crippen molar-refractivity contribution < 1.29 is 17.9 Å². The first-order valence-electron chi connectivity index (χ1n) is 8.55. The highest BCUT2D eigenvalue weighted by Crippen LogP contribution is 2.29. The molecular formula is C18H19N5O4S3. The molecule has 4 N–H and O–H groups in total. The molecule has 0 fully saturated rings. The number of anilines is 3. The van der Waals surface area contributed by atoms with Gasteiger partial charge in [-0.25, -0.2) is 13.6 Å². The van der Waals surface area contributed by atoms with Gasteiger partial charge in [-0.15, -0.1) is 10.2 Å². The van der Waals surface area contributed by atoms with Crippen LogP contribution in [0.15, 0.2) is 51.7 Å². The predicted molar refractivity (Wildman–Crippen MR) is 118 cm³/mol. The molecule has 0 spiro atoms. The molecule has 0 saturated heterocycles. The minimum Gasteiger partial charge on any atom is -0.497 e. The fraction of sp³-hybridized carbons (Fsp3) is 0.167. The maximum absolute atomic E-state index is 12.2. The Hall–Kier alpha value is -2.67. The Labute approximate surface area is 182 Å². The van der Waals surface area contributed by atoms with Gasteiger partial charge in [-0.3, -0.25) is 4.79 Å². The first kappa shape index (κ1) is 22.0. The Morgan fingerprint density at radius 1 is 1.20 bits per heavy atom. The van der Waals surface area contributed by atoms with Crippen LogP contribution in [0.3, 0.4) is 0 Å². The largest absolute Gasteiger partial charge is 0.497 e. The number of nitrogens with zero attached hydrogens (tertiary/aromatic N) is 2. The SMILES string of the molecule is COc1cccc(Nc2nnc(SCC(=O)Nc3ccc(C)c(S(N)(=O)=O)c3)s2)c1. The van der Waals surface area contributed by atoms with E-state index in [4.69, 9.17) is 9.88 Å². The second-order valence-electron chi connectivity index (χ2n) is 6.09. The van der Waals surface area contributed by atoms with Crippen LogP contribution in [0.25, 0.3) is 0 Å². The summed E-state index contributed by atoms with van der Waals surface area (Å²) < 4.78 is 29.0. The lowest BCUT2D eigenvalue weighted by Crippen LogP contribution is -2.17. The molecule has 158 valence electrons. The number of nitrogens with one attached hydrogen (secondary N) is 2. The Bertz CT molecular complexity index is 1160. The van der Waals surface area contributed by atoms with Gasteiger partial charge in [0, 0.05) is 17.4 Å². The number of amides is 1. The second kappa shape index (κ2) is 9.43. The lowest BCUT2D eigenvalue weighted by Gasteiger charge is -2.08. The molecule has 0 bridgehead atoms. The summed E-state index contributed by atoms with van der Waals surface area (Å²) in [7, 11) is -2.27. The van der Waals surface area contributed by atoms with Gasteiger partial charge in [0.1, 0.15) is 5.75 Å². The van der Waals surface area contributed by atoms with Gasteiger partial charge in [0.2, 0.25) is 21.1 Å². The van der Waals surface area contributed by atoms with Crippen LogP contribution in [0.4, 0.5) is 16.5 Å². The van der Waals surface area contributed by atoms with Gasteiger partial charge in [-0.2, -0.15) is 0 Å². The van der Waals surface area contributed by atoms with Crippen LogP contribution in [-0.2, 0) is 14.8 Å². The molecule has 0 aliphatic rings. The third-order valence-electron chi connectivity index (χ3n) is 3.83. The summed E-state index contributed by atoms with van der Waals surface area (Å²) in [6, 6.07) is 12.0. The molecule has 0 aliphatic carbocycles. The van der Waals surface area contributed by atoms with Crippen molar-refractivity contribution in [1.29, 1.82) is 0 Å². The molecule has 1 aromatic heterocycles. The number of hydrogen-bond donors (Lipinski definition) is 3. The van der Waals surface area contributed by atoms with Crippen molar-refractivity contribution in [3.63, 3.8) is 0 Å². The molecular weight excluding hydrogens is 446 g/mol. The normalized spacial score (nSPS) is 11.2. The van der Waals surface area contributed by atoms with Crippen LogP contribution >= 0.6 is 23.1 Å². The number of rotatable bonds is 8. The number of hydrogen-bond acceptors (Lipinski definition) is 9. The van der Waals surface area contributed by atoms with Crippen LogP contribution in [0, 0.1) is 6.92 Å². The number of sulfonamides is 1. The standard InChI is InChI=1S/C18H19N5O4S3/c1-11-6-7-13(9-15(11)30(19,25)26)20-16(24)10-28-18-23-22-17(29-18)21-12-4-3-5-14(8-12)27-2/h3-9H,10H2,1-2H3,(H,20,24)(H,21,22)(H2,19,25,26). The quantitative estimate of drug-likeness (QED) is 0.432. The number of benzene rings is 2. The Kier molecular flexibility index (Phi) is 6.92. The monoisotopic (exact) mass is 465 g/mol. The third kappa shape index (κ3) is 5.92. The van der Waals surface area contributed by atoms with Gasteiger partial charge < -0.3 is 15.4 Å². The van der Waals surface area contributed by atoms with E-state index in [1.165, 1.54) is 29.2 Å². The van der Waals surface area contributed by atoms with Crippen LogP contribution in [0.1, 0.15) is 5.56 Å². The molecule has 0 aliphatic heterocycles. The number of thioether (sulfide) groups is 1. The van der Waals surface area contributed by atoms with Gasteiger partial charge in [0.25, 0.3) is 0 Å². The van der Waals surface area contributed by atoms with Crippen molar-refractivity contribution in [3.05, 3.63) is 48.0 Å². The summed E-state index contributed by atoms with van der Waals surface area (Å²) in [5, 5.41) is 19.7. The number of aromatic nitrogens is 2. The van der Waals surface area contributed by atoms with Gasteiger partial charge in [0.15, 0.2) is 4.34 Å². The number of nitrogens with two attached hydrogens (primary N) is 1. The van der Waals surface area contributed by atoms with Crippen molar-refractivity contribution in [2.45, 2.75) is 16.2 Å². The van der Waals surface area contributed by atoms with Crippen LogP contribution < -0.4 is 20.5 Å². The Morgan fingerprint density at radius 3 is 2.73 bits per heavy atom. The molecule has 1 amide bonds. The predicted octanol–water partition coefficient (Wildman–Crippen LogP) is 2.98. The number of carbonyl (C=O) groups is 1. The number of carbonyl (C=O) groups excluding carboxylic acids is 1. The van der Waals surface area contributed by atoms with Crippen LogP contribution in [0.2, 0.25) is 0 Å². The van der Waals surface area contributed by atoms with Crippen LogP contribution in [-0.4, -0.2) is 37.4 Å². The summed E-state index contributed by atoms with van der Waals surface area (Å²) >= 11 is 2.54. The van der Waals surface area contributed by atoms with E-state index in [-0.39, 0.29) is 16.6 Å². The van der Waals surface area contributed by atoms with Crippen LogP contribution in [0.5, 0.6) is 5.75 Å². The molecule has 30 heavy (non-hydrogen) atoms. The molecule has 9 nitrogen and oxygen atoms in total. The van der Waals surface area contributed by atoms with Gasteiger partial charge >= 0.3 is 0 Å². The summed E-state index contributed by atoms with van der Waals surface area (Å²) in [5.41, 5.74) is 1.67. The van der Waals surface area contributed by atoms with Crippen molar-refractivity contribution in [3.8, 4) is 5.75 Å². The highest BCUT2D eigenvalue weighted by atomic mass is 32.2. The topological polar surface area (TPSA) is 136 Å². The molecule has 0 unspecified atom stereocenters. The summed E-state index contributed by atoms with van der Waals surface area (Å²) in [5.74, 6) is 0.506. The van der Waals surface area contributed by atoms with Gasteiger partial charge in [-0.05, 0) is 36.8 Å². The number of primary sulfonamides is 1. The zero-order valence-corrected chi connectivity index (χ0v) is 18.5. The molecule has 1 heterocycles. The van der Waals surface area contributed by atoms with Crippen molar-refractivity contribution in [1.82, 2.24) is 10.2 Å². The smallest absolute Gasteiger partial charge is 0.238 e. The van der Waals surface area contributed by atoms with Crippen molar-refractivity contribution in [2.24, 2.45) is 5.14 Å². The van der Waals surface area contributed by atoms with E-state index < -0.39 is 10.0 Å². The molecule has 12 heteroatoms. The molecule has 3 aromatic rings. The van der Waals surface area contributed by atoms with E-state index in [2.05, 4.69) is 20.8 Å². The first-order valence-corrected chi connectivity index (χ1v) is 11.9.